The Morgan fingerprint density at radius 1 is 1.41 bits per heavy atom. The molecule has 1 amide bonds. The van der Waals surface area contributed by atoms with E-state index in [2.05, 4.69) is 10.5 Å². The molecule has 17 heavy (non-hydrogen) atoms. The third kappa shape index (κ3) is 3.44. The van der Waals surface area contributed by atoms with Crippen molar-refractivity contribution in [2.24, 2.45) is 11.0 Å². The summed E-state index contributed by atoms with van der Waals surface area (Å²) in [5.74, 6) is 1.27. The average Bonchev–Trinajstić information content (AvgIpc) is 2.77. The molecule has 0 saturated heterocycles. The molecule has 1 aliphatic rings. The first-order valence-corrected chi connectivity index (χ1v) is 6.15. The van der Waals surface area contributed by atoms with Gasteiger partial charge in [-0.25, -0.2) is 5.43 Å². The van der Waals surface area contributed by atoms with Crippen LogP contribution in [0.25, 0.3) is 0 Å². The van der Waals surface area contributed by atoms with Crippen LogP contribution in [0.2, 0.25) is 0 Å². The predicted molar refractivity (Wildman–Crippen MR) is 66.0 cm³/mol. The standard InChI is InChI=1S/C13H18N2O2/c1-10-7-8-12(17-10)13(16)15-14-9-11-5-3-2-4-6-11/h7-9,11H,2-6H2,1H3,(H,15,16)/b14-9+. The van der Waals surface area contributed by atoms with Crippen LogP contribution < -0.4 is 5.43 Å². The van der Waals surface area contributed by atoms with Gasteiger partial charge < -0.3 is 4.42 Å². The fourth-order valence-electron chi connectivity index (χ4n) is 2.10. The van der Waals surface area contributed by atoms with Gasteiger partial charge in [-0.3, -0.25) is 4.79 Å². The van der Waals surface area contributed by atoms with Gasteiger partial charge in [-0.15, -0.1) is 0 Å². The number of furan rings is 1. The lowest BCUT2D eigenvalue weighted by Gasteiger charge is -2.16. The molecule has 0 atom stereocenters. The molecule has 1 heterocycles. The second kappa shape index (κ2) is 5.66. The van der Waals surface area contributed by atoms with E-state index in [0.29, 0.717) is 11.7 Å². The SMILES string of the molecule is Cc1ccc(C(=O)N/N=C/C2CCCCC2)o1. The average molecular weight is 234 g/mol. The molecule has 0 spiro atoms. The molecule has 1 fully saturated rings. The fourth-order valence-corrected chi connectivity index (χ4v) is 2.10. The van der Waals surface area contributed by atoms with Crippen LogP contribution in [0, 0.1) is 12.8 Å². The Bertz CT molecular complexity index is 403. The molecule has 4 heteroatoms. The predicted octanol–water partition coefficient (Wildman–Crippen LogP) is 2.88. The summed E-state index contributed by atoms with van der Waals surface area (Å²) in [6, 6.07) is 3.42. The summed E-state index contributed by atoms with van der Waals surface area (Å²) in [6.45, 7) is 1.81. The van der Waals surface area contributed by atoms with Gasteiger partial charge >= 0.3 is 5.91 Å². The lowest BCUT2D eigenvalue weighted by molar-refractivity contribution is 0.0926. The quantitative estimate of drug-likeness (QED) is 0.645. The van der Waals surface area contributed by atoms with E-state index in [1.807, 2.05) is 13.1 Å². The van der Waals surface area contributed by atoms with Crippen LogP contribution >= 0.6 is 0 Å². The number of hydrazone groups is 1. The molecular formula is C13H18N2O2. The second-order valence-electron chi connectivity index (χ2n) is 4.53. The molecule has 0 radical (unpaired) electrons. The smallest absolute Gasteiger partial charge is 0.307 e. The minimum absolute atomic E-state index is 0.287. The molecule has 1 aromatic rings. The molecule has 1 aliphatic carbocycles. The molecule has 92 valence electrons. The van der Waals surface area contributed by atoms with Gasteiger partial charge in [0.05, 0.1) is 0 Å². The molecule has 0 bridgehead atoms. The topological polar surface area (TPSA) is 54.6 Å². The number of amides is 1. The van der Waals surface area contributed by atoms with Crippen LogP contribution in [-0.2, 0) is 0 Å². The fraction of sp³-hybridized carbons (Fsp3) is 0.538. The van der Waals surface area contributed by atoms with Gasteiger partial charge in [0.15, 0.2) is 5.76 Å². The lowest BCUT2D eigenvalue weighted by Crippen LogP contribution is -2.18. The molecule has 1 N–H and O–H groups in total. The minimum atomic E-state index is -0.287. The number of aryl methyl sites for hydroxylation is 1. The Morgan fingerprint density at radius 2 is 2.18 bits per heavy atom. The van der Waals surface area contributed by atoms with Crippen molar-refractivity contribution in [3.63, 3.8) is 0 Å². The molecular weight excluding hydrogens is 216 g/mol. The van der Waals surface area contributed by atoms with E-state index < -0.39 is 0 Å². The van der Waals surface area contributed by atoms with Gasteiger partial charge in [-0.1, -0.05) is 19.3 Å². The number of carbonyl (C=O) groups excluding carboxylic acids is 1. The molecule has 1 saturated carbocycles. The summed E-state index contributed by atoms with van der Waals surface area (Å²) >= 11 is 0. The molecule has 0 aliphatic heterocycles. The van der Waals surface area contributed by atoms with Crippen LogP contribution in [0.3, 0.4) is 0 Å². The highest BCUT2D eigenvalue weighted by atomic mass is 16.3. The third-order valence-corrected chi connectivity index (χ3v) is 3.07. The first kappa shape index (κ1) is 11.9. The molecule has 2 rings (SSSR count). The summed E-state index contributed by atoms with van der Waals surface area (Å²) in [6.07, 6.45) is 8.07. The van der Waals surface area contributed by atoms with E-state index in [1.165, 1.54) is 32.1 Å². The van der Waals surface area contributed by atoms with Gasteiger partial charge in [-0.2, -0.15) is 5.10 Å². The Balaban J connectivity index is 1.81. The summed E-state index contributed by atoms with van der Waals surface area (Å²) < 4.78 is 5.20. The number of rotatable bonds is 3. The van der Waals surface area contributed by atoms with Crippen molar-refractivity contribution in [1.82, 2.24) is 5.43 Å². The number of carbonyl (C=O) groups is 1. The normalized spacial score (nSPS) is 17.5. The number of nitrogens with zero attached hydrogens (tertiary/aromatic N) is 1. The van der Waals surface area contributed by atoms with Crippen LogP contribution in [0.1, 0.15) is 48.4 Å². The summed E-state index contributed by atoms with van der Waals surface area (Å²) in [5, 5.41) is 4.00. The van der Waals surface area contributed by atoms with E-state index in [-0.39, 0.29) is 5.91 Å². The molecule has 0 unspecified atom stereocenters. The van der Waals surface area contributed by atoms with Gasteiger partial charge in [0, 0.05) is 6.21 Å². The summed E-state index contributed by atoms with van der Waals surface area (Å²) in [4.78, 5) is 11.6. The summed E-state index contributed by atoms with van der Waals surface area (Å²) in [5.41, 5.74) is 2.50. The second-order valence-corrected chi connectivity index (χ2v) is 4.53. The highest BCUT2D eigenvalue weighted by Gasteiger charge is 2.11. The van der Waals surface area contributed by atoms with Crippen molar-refractivity contribution in [2.75, 3.05) is 0 Å². The highest BCUT2D eigenvalue weighted by molar-refractivity contribution is 5.91. The maximum Gasteiger partial charge on any atom is 0.307 e. The van der Waals surface area contributed by atoms with Crippen molar-refractivity contribution < 1.29 is 9.21 Å². The van der Waals surface area contributed by atoms with E-state index >= 15 is 0 Å². The maximum absolute atomic E-state index is 11.6. The number of hydrogen-bond donors (Lipinski definition) is 1. The van der Waals surface area contributed by atoms with E-state index in [1.54, 1.807) is 12.1 Å². The third-order valence-electron chi connectivity index (χ3n) is 3.07. The van der Waals surface area contributed by atoms with Crippen molar-refractivity contribution in [1.29, 1.82) is 0 Å². The van der Waals surface area contributed by atoms with Crippen LogP contribution in [0.4, 0.5) is 0 Å². The number of hydrogen-bond acceptors (Lipinski definition) is 3. The minimum Gasteiger partial charge on any atom is -0.456 e. The maximum atomic E-state index is 11.6. The molecule has 0 aromatic carbocycles. The van der Waals surface area contributed by atoms with Gasteiger partial charge in [0.1, 0.15) is 5.76 Å². The summed E-state index contributed by atoms with van der Waals surface area (Å²) in [7, 11) is 0. The van der Waals surface area contributed by atoms with Gasteiger partial charge in [-0.05, 0) is 37.8 Å². The first-order chi connectivity index (χ1) is 8.25. The molecule has 1 aromatic heterocycles. The molecule has 4 nitrogen and oxygen atoms in total. The van der Waals surface area contributed by atoms with E-state index in [4.69, 9.17) is 4.42 Å². The number of nitrogens with one attached hydrogen (secondary N) is 1. The Kier molecular flexibility index (Phi) is 3.96. The van der Waals surface area contributed by atoms with Gasteiger partial charge in [0.2, 0.25) is 0 Å². The largest absolute Gasteiger partial charge is 0.456 e. The zero-order valence-electron chi connectivity index (χ0n) is 10.1. The van der Waals surface area contributed by atoms with Crippen molar-refractivity contribution in [3.05, 3.63) is 23.7 Å². The first-order valence-electron chi connectivity index (χ1n) is 6.15. The van der Waals surface area contributed by atoms with Crippen LogP contribution in [0.5, 0.6) is 0 Å². The Hall–Kier alpha value is -1.58. The zero-order valence-corrected chi connectivity index (χ0v) is 10.1. The van der Waals surface area contributed by atoms with Gasteiger partial charge in [0.25, 0.3) is 0 Å². The van der Waals surface area contributed by atoms with Crippen molar-refractivity contribution in [2.45, 2.75) is 39.0 Å². The highest BCUT2D eigenvalue weighted by Crippen LogP contribution is 2.21. The lowest BCUT2D eigenvalue weighted by atomic mass is 9.90. The monoisotopic (exact) mass is 234 g/mol. The Morgan fingerprint density at radius 3 is 2.82 bits per heavy atom. The van der Waals surface area contributed by atoms with Crippen molar-refractivity contribution >= 4 is 12.1 Å². The Labute approximate surface area is 101 Å². The van der Waals surface area contributed by atoms with Crippen molar-refractivity contribution in [3.8, 4) is 0 Å². The van der Waals surface area contributed by atoms with Crippen LogP contribution in [0.15, 0.2) is 21.7 Å². The van der Waals surface area contributed by atoms with E-state index in [0.717, 1.165) is 5.76 Å². The van der Waals surface area contributed by atoms with E-state index in [9.17, 15) is 4.79 Å². The zero-order chi connectivity index (χ0) is 12.1. The van der Waals surface area contributed by atoms with Crippen LogP contribution in [-0.4, -0.2) is 12.1 Å².